The van der Waals surface area contributed by atoms with Gasteiger partial charge < -0.3 is 28.1 Å². The summed E-state index contributed by atoms with van der Waals surface area (Å²) in [6.45, 7) is 9.99. The lowest BCUT2D eigenvalue weighted by molar-refractivity contribution is -0.296. The Bertz CT molecular complexity index is 1320. The Morgan fingerprint density at radius 1 is 0.902 bits per heavy atom. The van der Waals surface area contributed by atoms with E-state index in [2.05, 4.69) is 4.98 Å². The molecule has 8 atom stereocenters. The number of pyridine rings is 1. The van der Waals surface area contributed by atoms with Crippen molar-refractivity contribution in [3.8, 4) is 0 Å². The minimum Gasteiger partial charge on any atom is -0.472 e. The van der Waals surface area contributed by atoms with E-state index in [1.54, 1.807) is 19.1 Å². The summed E-state index contributed by atoms with van der Waals surface area (Å²) in [5.41, 5.74) is -3.24. The molecule has 3 aliphatic rings. The first-order valence-electron chi connectivity index (χ1n) is 13.7. The molecule has 3 fully saturated rings. The number of fused-ring (bicyclic) bond motifs is 1. The predicted octanol–water partition coefficient (Wildman–Crippen LogP) is 3.90. The van der Waals surface area contributed by atoms with Crippen molar-refractivity contribution >= 4 is 23.9 Å². The number of nitrogens with zero attached hydrogens (tertiary/aromatic N) is 1. The molecule has 0 N–H and O–H groups in total. The van der Waals surface area contributed by atoms with Gasteiger partial charge in [-0.3, -0.25) is 14.6 Å². The van der Waals surface area contributed by atoms with Crippen molar-refractivity contribution in [2.45, 2.75) is 90.0 Å². The first-order chi connectivity index (χ1) is 19.3. The van der Waals surface area contributed by atoms with Gasteiger partial charge in [-0.15, -0.1) is 0 Å². The van der Waals surface area contributed by atoms with Gasteiger partial charge in [0, 0.05) is 26.2 Å². The molecule has 0 amide bonds. The summed E-state index contributed by atoms with van der Waals surface area (Å²) in [5, 5.41) is 0. The number of rotatable bonds is 6. The van der Waals surface area contributed by atoms with Gasteiger partial charge >= 0.3 is 23.9 Å². The predicted molar refractivity (Wildman–Crippen MR) is 140 cm³/mol. The molecule has 0 aromatic carbocycles. The maximum atomic E-state index is 13.5. The molecule has 1 aliphatic heterocycles. The molecule has 2 bridgehead atoms. The molecule has 2 aromatic rings. The lowest BCUT2D eigenvalue weighted by Crippen LogP contribution is -2.76. The first kappa shape index (κ1) is 28.8. The molecule has 2 aliphatic carbocycles. The van der Waals surface area contributed by atoms with Crippen molar-refractivity contribution in [2.24, 2.45) is 17.3 Å². The van der Waals surface area contributed by atoms with Gasteiger partial charge in [0.2, 0.25) is 0 Å². The molecule has 2 unspecified atom stereocenters. The summed E-state index contributed by atoms with van der Waals surface area (Å²) in [7, 11) is 0. The zero-order chi connectivity index (χ0) is 29.7. The summed E-state index contributed by atoms with van der Waals surface area (Å²) in [4.78, 5) is 55.9. The van der Waals surface area contributed by atoms with E-state index in [1.165, 1.54) is 44.8 Å². The second-order valence-electron chi connectivity index (χ2n) is 11.9. The first-order valence-corrected chi connectivity index (χ1v) is 13.7. The lowest BCUT2D eigenvalue weighted by Gasteiger charge is -2.62. The second-order valence-corrected chi connectivity index (χ2v) is 11.9. The second kappa shape index (κ2) is 10.3. The number of esters is 4. The number of carbonyl (C=O) groups excluding carboxylic acids is 4. The summed E-state index contributed by atoms with van der Waals surface area (Å²) in [6, 6.07) is 4.66. The van der Waals surface area contributed by atoms with Crippen LogP contribution in [0.1, 0.15) is 75.1 Å². The highest BCUT2D eigenvalue weighted by atomic mass is 16.6. The third kappa shape index (κ3) is 4.50. The number of furan rings is 1. The SMILES string of the molecule is CC(=O)O[C@@H]1[C@@H]2C(OC(=O)c3ccoc3)[C@]3(OC2(C)C)C(C)CC[C@H](OC(C)=O)[C@@]3(C)[C@H]1OC(=O)c1cccnc1. The molecule has 1 saturated heterocycles. The maximum Gasteiger partial charge on any atom is 0.341 e. The monoisotopic (exact) mass is 569 g/mol. The van der Waals surface area contributed by atoms with E-state index in [1.807, 2.05) is 20.8 Å². The summed E-state index contributed by atoms with van der Waals surface area (Å²) in [6.07, 6.45) is 2.50. The van der Waals surface area contributed by atoms with Crippen LogP contribution >= 0.6 is 0 Å². The number of ether oxygens (including phenoxy) is 5. The Hall–Kier alpha value is -3.73. The van der Waals surface area contributed by atoms with E-state index in [4.69, 9.17) is 28.1 Å². The van der Waals surface area contributed by atoms with Crippen molar-refractivity contribution in [1.29, 1.82) is 0 Å². The molecule has 1 spiro atoms. The van der Waals surface area contributed by atoms with E-state index in [-0.39, 0.29) is 17.0 Å². The number of hydrogen-bond donors (Lipinski definition) is 0. The van der Waals surface area contributed by atoms with Crippen LogP contribution in [0.4, 0.5) is 0 Å². The van der Waals surface area contributed by atoms with E-state index >= 15 is 0 Å². The molecular formula is C30H35NO10. The highest BCUT2D eigenvalue weighted by molar-refractivity contribution is 5.90. The Morgan fingerprint density at radius 3 is 2.20 bits per heavy atom. The fourth-order valence-electron chi connectivity index (χ4n) is 7.48. The quantitative estimate of drug-likeness (QED) is 0.369. The van der Waals surface area contributed by atoms with E-state index in [0.29, 0.717) is 12.8 Å². The average molecular weight is 570 g/mol. The summed E-state index contributed by atoms with van der Waals surface area (Å²) >= 11 is 0. The Morgan fingerprint density at radius 2 is 1.59 bits per heavy atom. The maximum absolute atomic E-state index is 13.5. The van der Waals surface area contributed by atoms with Crippen molar-refractivity contribution in [3.63, 3.8) is 0 Å². The van der Waals surface area contributed by atoms with E-state index in [0.717, 1.165) is 0 Å². The van der Waals surface area contributed by atoms with Crippen LogP contribution in [0.5, 0.6) is 0 Å². The van der Waals surface area contributed by atoms with Gasteiger partial charge in [-0.1, -0.05) is 6.92 Å². The van der Waals surface area contributed by atoms with Gasteiger partial charge in [-0.05, 0) is 57.7 Å². The highest BCUT2D eigenvalue weighted by Gasteiger charge is 2.82. The molecule has 2 saturated carbocycles. The van der Waals surface area contributed by atoms with Gasteiger partial charge in [-0.2, -0.15) is 0 Å². The number of hydrogen-bond acceptors (Lipinski definition) is 11. The molecular weight excluding hydrogens is 534 g/mol. The standard InChI is InChI=1S/C30H35NO10/c1-16-9-10-21(37-17(2)32)29(6)25(40-26(34)19-8-7-12-31-14-19)23(38-18(3)33)22-24(30(16,29)41-28(22,4)5)39-27(35)20-11-13-36-15-20/h7-8,11-16,21-25H,9-10H2,1-6H3/t16?,21-,22+,23+,24?,25-,29-,30+/m0/s1. The third-order valence-electron chi connectivity index (χ3n) is 9.06. The molecule has 5 rings (SSSR count). The zero-order valence-electron chi connectivity index (χ0n) is 23.9. The molecule has 3 heterocycles. The van der Waals surface area contributed by atoms with Crippen LogP contribution in [-0.2, 0) is 33.3 Å². The molecule has 220 valence electrons. The van der Waals surface area contributed by atoms with Gasteiger partial charge in [0.15, 0.2) is 6.10 Å². The van der Waals surface area contributed by atoms with Crippen LogP contribution < -0.4 is 0 Å². The Balaban J connectivity index is 1.71. The Kier molecular flexibility index (Phi) is 7.21. The summed E-state index contributed by atoms with van der Waals surface area (Å²) in [5.74, 6) is -3.49. The fourth-order valence-corrected chi connectivity index (χ4v) is 7.48. The zero-order valence-corrected chi connectivity index (χ0v) is 23.9. The molecule has 41 heavy (non-hydrogen) atoms. The van der Waals surface area contributed by atoms with Crippen molar-refractivity contribution < 1.29 is 47.3 Å². The molecule has 0 radical (unpaired) electrons. The number of aromatic nitrogens is 1. The van der Waals surface area contributed by atoms with Gasteiger partial charge in [0.1, 0.15) is 30.2 Å². The molecule has 11 heteroatoms. The van der Waals surface area contributed by atoms with Crippen molar-refractivity contribution in [2.75, 3.05) is 0 Å². The normalized spacial score (nSPS) is 35.1. The van der Waals surface area contributed by atoms with Crippen LogP contribution in [-0.4, -0.2) is 64.5 Å². The van der Waals surface area contributed by atoms with Crippen LogP contribution in [0.2, 0.25) is 0 Å². The average Bonchev–Trinajstić information content (AvgIpc) is 3.51. The fraction of sp³-hybridized carbons (Fsp3) is 0.567. The highest BCUT2D eigenvalue weighted by Crippen LogP contribution is 2.68. The van der Waals surface area contributed by atoms with Gasteiger partial charge in [-0.25, -0.2) is 9.59 Å². The van der Waals surface area contributed by atoms with E-state index < -0.39 is 70.8 Å². The molecule has 11 nitrogen and oxygen atoms in total. The van der Waals surface area contributed by atoms with Gasteiger partial charge in [0.25, 0.3) is 0 Å². The van der Waals surface area contributed by atoms with Crippen LogP contribution in [0, 0.1) is 17.3 Å². The van der Waals surface area contributed by atoms with Crippen LogP contribution in [0.3, 0.4) is 0 Å². The largest absolute Gasteiger partial charge is 0.472 e. The van der Waals surface area contributed by atoms with Crippen LogP contribution in [0.15, 0.2) is 47.5 Å². The van der Waals surface area contributed by atoms with E-state index in [9.17, 15) is 19.2 Å². The Labute approximate surface area is 237 Å². The molecule has 2 aromatic heterocycles. The van der Waals surface area contributed by atoms with Gasteiger partial charge in [0.05, 0.1) is 34.3 Å². The minimum absolute atomic E-state index is 0.195. The van der Waals surface area contributed by atoms with Crippen molar-refractivity contribution in [1.82, 2.24) is 4.98 Å². The minimum atomic E-state index is -1.32. The van der Waals surface area contributed by atoms with Crippen LogP contribution in [0.25, 0.3) is 0 Å². The lowest BCUT2D eigenvalue weighted by atomic mass is 9.48. The topological polar surface area (TPSA) is 140 Å². The smallest absolute Gasteiger partial charge is 0.341 e. The number of carbonyl (C=O) groups is 4. The van der Waals surface area contributed by atoms with Crippen molar-refractivity contribution in [3.05, 3.63) is 54.2 Å². The summed E-state index contributed by atoms with van der Waals surface area (Å²) < 4.78 is 36.4. The third-order valence-corrected chi connectivity index (χ3v) is 9.06.